The largest absolute Gasteiger partial charge is 0.313 e. The zero-order valence-corrected chi connectivity index (χ0v) is 11.7. The van der Waals surface area contributed by atoms with Gasteiger partial charge in [-0.15, -0.1) is 0 Å². The summed E-state index contributed by atoms with van der Waals surface area (Å²) in [4.78, 5) is 0. The van der Waals surface area contributed by atoms with Gasteiger partial charge in [0.25, 0.3) is 0 Å². The Bertz CT molecular complexity index is 402. The molecule has 2 heteroatoms. The Morgan fingerprint density at radius 3 is 2.72 bits per heavy atom. The van der Waals surface area contributed by atoms with E-state index >= 15 is 0 Å². The average molecular weight is 249 g/mol. The van der Waals surface area contributed by atoms with E-state index in [1.807, 2.05) is 20.0 Å². The summed E-state index contributed by atoms with van der Waals surface area (Å²) in [6.45, 7) is 4.09. The van der Waals surface area contributed by atoms with Crippen LogP contribution < -0.4 is 5.32 Å². The van der Waals surface area contributed by atoms with Crippen molar-refractivity contribution in [1.82, 2.24) is 5.32 Å². The van der Waals surface area contributed by atoms with E-state index in [-0.39, 0.29) is 5.82 Å². The predicted octanol–water partition coefficient (Wildman–Crippen LogP) is 4.22. The van der Waals surface area contributed by atoms with Crippen LogP contribution in [0.5, 0.6) is 0 Å². The first-order valence-corrected chi connectivity index (χ1v) is 7.09. The third-order valence-corrected chi connectivity index (χ3v) is 4.50. The lowest BCUT2D eigenvalue weighted by Gasteiger charge is -2.24. The Morgan fingerprint density at radius 2 is 2.17 bits per heavy atom. The number of hydrogen-bond donors (Lipinski definition) is 1. The Morgan fingerprint density at radius 1 is 1.39 bits per heavy atom. The smallest absolute Gasteiger partial charge is 0.126 e. The molecule has 0 spiro atoms. The van der Waals surface area contributed by atoms with Crippen LogP contribution in [0.2, 0.25) is 0 Å². The topological polar surface area (TPSA) is 12.0 Å². The molecule has 1 aliphatic carbocycles. The highest BCUT2D eigenvalue weighted by Gasteiger charge is 2.30. The molecule has 1 aliphatic rings. The molecule has 0 saturated heterocycles. The zero-order valence-electron chi connectivity index (χ0n) is 11.7. The summed E-state index contributed by atoms with van der Waals surface area (Å²) in [5, 5.41) is 3.38. The fourth-order valence-electron chi connectivity index (χ4n) is 3.26. The van der Waals surface area contributed by atoms with E-state index in [1.54, 1.807) is 6.07 Å². The quantitative estimate of drug-likeness (QED) is 0.842. The minimum Gasteiger partial charge on any atom is -0.313 e. The molecular weight excluding hydrogens is 225 g/mol. The van der Waals surface area contributed by atoms with E-state index in [1.165, 1.54) is 25.7 Å². The second-order valence-corrected chi connectivity index (χ2v) is 5.62. The summed E-state index contributed by atoms with van der Waals surface area (Å²) in [5.41, 5.74) is 1.83. The van der Waals surface area contributed by atoms with Gasteiger partial charge in [-0.25, -0.2) is 4.39 Å². The molecule has 0 aromatic heterocycles. The van der Waals surface area contributed by atoms with Crippen LogP contribution in [0.4, 0.5) is 4.39 Å². The van der Waals surface area contributed by atoms with Gasteiger partial charge in [0, 0.05) is 6.04 Å². The maximum absolute atomic E-state index is 13.7. The van der Waals surface area contributed by atoms with Crippen molar-refractivity contribution in [3.05, 3.63) is 35.1 Å². The monoisotopic (exact) mass is 249 g/mol. The lowest BCUT2D eigenvalue weighted by atomic mass is 9.90. The summed E-state index contributed by atoms with van der Waals surface area (Å²) >= 11 is 0. The van der Waals surface area contributed by atoms with Gasteiger partial charge in [0.15, 0.2) is 0 Å². The number of nitrogens with one attached hydrogen (secondary N) is 1. The van der Waals surface area contributed by atoms with Gasteiger partial charge in [0.2, 0.25) is 0 Å². The first kappa shape index (κ1) is 13.5. The van der Waals surface area contributed by atoms with Gasteiger partial charge in [-0.3, -0.25) is 0 Å². The van der Waals surface area contributed by atoms with Crippen molar-refractivity contribution in [3.63, 3.8) is 0 Å². The van der Waals surface area contributed by atoms with Crippen molar-refractivity contribution in [2.24, 2.45) is 11.8 Å². The molecular formula is C16H24FN. The molecule has 1 aromatic carbocycles. The van der Waals surface area contributed by atoms with Crippen LogP contribution in [0.1, 0.15) is 49.8 Å². The molecule has 2 rings (SSSR count). The molecule has 1 nitrogen and oxygen atoms in total. The summed E-state index contributed by atoms with van der Waals surface area (Å²) in [7, 11) is 1.99. The maximum atomic E-state index is 13.7. The molecule has 0 heterocycles. The second-order valence-electron chi connectivity index (χ2n) is 5.62. The number of halogens is 1. The van der Waals surface area contributed by atoms with Crippen molar-refractivity contribution in [2.45, 2.75) is 45.6 Å². The summed E-state index contributed by atoms with van der Waals surface area (Å²) in [5.74, 6) is 1.43. The standard InChI is InChI=1S/C16H24FN/c1-4-12-6-8-13(9-12)16(18-3)14-7-5-11(2)15(17)10-14/h5,7,10,12-13,16,18H,4,6,8-9H2,1-3H3. The first-order chi connectivity index (χ1) is 8.65. The van der Waals surface area contributed by atoms with E-state index in [2.05, 4.69) is 18.3 Å². The molecule has 1 N–H and O–H groups in total. The highest BCUT2D eigenvalue weighted by molar-refractivity contribution is 5.26. The van der Waals surface area contributed by atoms with Crippen LogP contribution in [0.15, 0.2) is 18.2 Å². The zero-order chi connectivity index (χ0) is 13.1. The highest BCUT2D eigenvalue weighted by Crippen LogP contribution is 2.40. The van der Waals surface area contributed by atoms with Crippen LogP contribution >= 0.6 is 0 Å². The first-order valence-electron chi connectivity index (χ1n) is 7.09. The van der Waals surface area contributed by atoms with E-state index in [0.29, 0.717) is 12.0 Å². The summed E-state index contributed by atoms with van der Waals surface area (Å²) in [6.07, 6.45) is 5.14. The summed E-state index contributed by atoms with van der Waals surface area (Å²) < 4.78 is 13.7. The van der Waals surface area contributed by atoms with E-state index in [4.69, 9.17) is 0 Å². The normalized spacial score (nSPS) is 25.3. The Labute approximate surface area is 110 Å². The number of benzene rings is 1. The van der Waals surface area contributed by atoms with Crippen molar-refractivity contribution in [3.8, 4) is 0 Å². The van der Waals surface area contributed by atoms with E-state index < -0.39 is 0 Å². The average Bonchev–Trinajstić information content (AvgIpc) is 2.83. The summed E-state index contributed by atoms with van der Waals surface area (Å²) in [6, 6.07) is 5.97. The molecule has 1 fully saturated rings. The SMILES string of the molecule is CCC1CCC(C(NC)c2ccc(C)c(F)c2)C1. The van der Waals surface area contributed by atoms with Crippen molar-refractivity contribution < 1.29 is 4.39 Å². The molecule has 3 unspecified atom stereocenters. The number of hydrogen-bond acceptors (Lipinski definition) is 1. The lowest BCUT2D eigenvalue weighted by Crippen LogP contribution is -2.24. The minimum atomic E-state index is -0.0854. The molecule has 100 valence electrons. The van der Waals surface area contributed by atoms with Gasteiger partial charge in [-0.2, -0.15) is 0 Å². The number of aryl methyl sites for hydroxylation is 1. The van der Waals surface area contributed by atoms with Crippen molar-refractivity contribution >= 4 is 0 Å². The van der Waals surface area contributed by atoms with E-state index in [0.717, 1.165) is 17.0 Å². The molecule has 1 saturated carbocycles. The van der Waals surface area contributed by atoms with Crippen LogP contribution in [0.25, 0.3) is 0 Å². The molecule has 3 atom stereocenters. The Hall–Kier alpha value is -0.890. The van der Waals surface area contributed by atoms with Crippen molar-refractivity contribution in [2.75, 3.05) is 7.05 Å². The van der Waals surface area contributed by atoms with E-state index in [9.17, 15) is 4.39 Å². The molecule has 18 heavy (non-hydrogen) atoms. The van der Waals surface area contributed by atoms with Gasteiger partial charge in [-0.1, -0.05) is 31.9 Å². The second kappa shape index (κ2) is 5.83. The lowest BCUT2D eigenvalue weighted by molar-refractivity contribution is 0.371. The fourth-order valence-corrected chi connectivity index (χ4v) is 3.26. The predicted molar refractivity (Wildman–Crippen MR) is 74.1 cm³/mol. The Balaban J connectivity index is 2.15. The van der Waals surface area contributed by atoms with Crippen LogP contribution in [-0.4, -0.2) is 7.05 Å². The number of rotatable bonds is 4. The molecule has 0 radical (unpaired) electrons. The molecule has 1 aromatic rings. The van der Waals surface area contributed by atoms with Gasteiger partial charge < -0.3 is 5.32 Å². The third-order valence-electron chi connectivity index (χ3n) is 4.50. The molecule has 0 aliphatic heterocycles. The van der Waals surface area contributed by atoms with Gasteiger partial charge in [0.1, 0.15) is 5.82 Å². The Kier molecular flexibility index (Phi) is 4.39. The van der Waals surface area contributed by atoms with Gasteiger partial charge in [0.05, 0.1) is 0 Å². The molecule has 0 amide bonds. The van der Waals surface area contributed by atoms with Crippen LogP contribution in [-0.2, 0) is 0 Å². The van der Waals surface area contributed by atoms with Gasteiger partial charge >= 0.3 is 0 Å². The highest BCUT2D eigenvalue weighted by atomic mass is 19.1. The van der Waals surface area contributed by atoms with Crippen LogP contribution in [0.3, 0.4) is 0 Å². The maximum Gasteiger partial charge on any atom is 0.126 e. The molecule has 0 bridgehead atoms. The third kappa shape index (κ3) is 2.74. The van der Waals surface area contributed by atoms with Crippen molar-refractivity contribution in [1.29, 1.82) is 0 Å². The minimum absolute atomic E-state index is 0.0854. The fraction of sp³-hybridized carbons (Fsp3) is 0.625. The van der Waals surface area contributed by atoms with Gasteiger partial charge in [-0.05, 0) is 55.8 Å². The van der Waals surface area contributed by atoms with Crippen LogP contribution in [0, 0.1) is 24.6 Å².